The second-order valence-corrected chi connectivity index (χ2v) is 7.89. The largest absolute Gasteiger partial charge is 0.315 e. The van der Waals surface area contributed by atoms with Gasteiger partial charge < -0.3 is 5.32 Å². The second-order valence-electron chi connectivity index (χ2n) is 6.17. The van der Waals surface area contributed by atoms with Gasteiger partial charge in [-0.2, -0.15) is 0 Å². The van der Waals surface area contributed by atoms with Gasteiger partial charge in [0.1, 0.15) is 0 Å². The molecule has 0 fully saturated rings. The Hall–Kier alpha value is -1.50. The smallest absolute Gasteiger partial charge is 0.240 e. The van der Waals surface area contributed by atoms with E-state index in [4.69, 9.17) is 0 Å². The number of hydrogen-bond donors (Lipinski definition) is 2. The molecule has 132 valence electrons. The lowest BCUT2D eigenvalue weighted by Crippen LogP contribution is -2.40. The minimum absolute atomic E-state index is 0.158. The first kappa shape index (κ1) is 18.8. The quantitative estimate of drug-likeness (QED) is 0.647. The zero-order valence-electron chi connectivity index (χ0n) is 14.5. The normalized spacial score (nSPS) is 13.2. The van der Waals surface area contributed by atoms with E-state index in [-0.39, 0.29) is 10.9 Å². The number of sulfonamides is 1. The topological polar surface area (TPSA) is 71.1 Å². The number of unbranched alkanes of at least 4 members (excludes halogenated alkanes) is 3. The van der Waals surface area contributed by atoms with Gasteiger partial charge in [0.15, 0.2) is 0 Å². The van der Waals surface area contributed by atoms with Crippen LogP contribution in [-0.2, 0) is 10.0 Å². The minimum atomic E-state index is -3.51. The van der Waals surface area contributed by atoms with E-state index in [9.17, 15) is 8.42 Å². The summed E-state index contributed by atoms with van der Waals surface area (Å²) in [6.07, 6.45) is 8.21. The molecule has 0 spiro atoms. The molecule has 2 rings (SSSR count). The molecule has 1 heterocycles. The number of nitrogens with one attached hydrogen (secondary N) is 2. The van der Waals surface area contributed by atoms with Crippen molar-refractivity contribution in [1.29, 1.82) is 0 Å². The van der Waals surface area contributed by atoms with Crippen LogP contribution in [0.1, 0.15) is 39.5 Å². The molecule has 1 atom stereocenters. The molecule has 1 aromatic carbocycles. The zero-order chi connectivity index (χ0) is 17.4. The molecule has 0 amide bonds. The highest BCUT2D eigenvalue weighted by Gasteiger charge is 2.17. The van der Waals surface area contributed by atoms with Gasteiger partial charge in [-0.25, -0.2) is 13.1 Å². The van der Waals surface area contributed by atoms with Crippen LogP contribution in [-0.4, -0.2) is 32.5 Å². The van der Waals surface area contributed by atoms with Crippen molar-refractivity contribution in [2.45, 2.75) is 50.5 Å². The lowest BCUT2D eigenvalue weighted by molar-refractivity contribution is 0.525. The summed E-state index contributed by atoms with van der Waals surface area (Å²) in [6, 6.07) is 6.75. The molecule has 0 aliphatic heterocycles. The molecular formula is C18H27N3O2S. The highest BCUT2D eigenvalue weighted by Crippen LogP contribution is 2.18. The van der Waals surface area contributed by atoms with Crippen molar-refractivity contribution in [1.82, 2.24) is 15.0 Å². The fraction of sp³-hybridized carbons (Fsp3) is 0.500. The summed E-state index contributed by atoms with van der Waals surface area (Å²) in [4.78, 5) is 4.33. The molecule has 2 aromatic rings. The Balaban J connectivity index is 1.89. The van der Waals surface area contributed by atoms with Crippen LogP contribution >= 0.6 is 0 Å². The van der Waals surface area contributed by atoms with Gasteiger partial charge in [0, 0.05) is 30.4 Å². The van der Waals surface area contributed by atoms with Crippen molar-refractivity contribution in [3.05, 3.63) is 36.7 Å². The maximum atomic E-state index is 12.5. The van der Waals surface area contributed by atoms with Gasteiger partial charge in [-0.1, -0.05) is 32.3 Å². The summed E-state index contributed by atoms with van der Waals surface area (Å²) < 4.78 is 27.7. The Morgan fingerprint density at radius 1 is 1.12 bits per heavy atom. The van der Waals surface area contributed by atoms with Crippen molar-refractivity contribution in [2.75, 3.05) is 13.1 Å². The van der Waals surface area contributed by atoms with Gasteiger partial charge in [-0.05, 0) is 43.5 Å². The van der Waals surface area contributed by atoms with Crippen molar-refractivity contribution in [3.8, 4) is 0 Å². The molecule has 2 N–H and O–H groups in total. The number of benzene rings is 1. The van der Waals surface area contributed by atoms with Crippen LogP contribution in [0.4, 0.5) is 0 Å². The van der Waals surface area contributed by atoms with Crippen LogP contribution < -0.4 is 10.0 Å². The summed E-state index contributed by atoms with van der Waals surface area (Å²) in [5.41, 5.74) is 0. The summed E-state index contributed by atoms with van der Waals surface area (Å²) >= 11 is 0. The Bertz CT molecular complexity index is 747. The fourth-order valence-corrected chi connectivity index (χ4v) is 3.88. The molecular weight excluding hydrogens is 322 g/mol. The highest BCUT2D eigenvalue weighted by atomic mass is 32.2. The number of aromatic nitrogens is 1. The van der Waals surface area contributed by atoms with E-state index in [1.54, 1.807) is 30.6 Å². The number of nitrogens with zero attached hydrogens (tertiary/aromatic N) is 1. The second kappa shape index (κ2) is 9.11. The lowest BCUT2D eigenvalue weighted by Gasteiger charge is -2.15. The molecule has 0 bridgehead atoms. The lowest BCUT2D eigenvalue weighted by atomic mass is 10.2. The average molecular weight is 350 g/mol. The van der Waals surface area contributed by atoms with Gasteiger partial charge in [0.25, 0.3) is 0 Å². The van der Waals surface area contributed by atoms with Crippen molar-refractivity contribution in [3.63, 3.8) is 0 Å². The van der Waals surface area contributed by atoms with Gasteiger partial charge in [-0.3, -0.25) is 4.98 Å². The number of rotatable bonds is 10. The fourth-order valence-electron chi connectivity index (χ4n) is 2.60. The third-order valence-corrected chi connectivity index (χ3v) is 5.52. The van der Waals surface area contributed by atoms with Gasteiger partial charge in [0.2, 0.25) is 10.0 Å². The van der Waals surface area contributed by atoms with Gasteiger partial charge in [0.05, 0.1) is 4.90 Å². The average Bonchev–Trinajstić information content (AvgIpc) is 2.57. The molecule has 24 heavy (non-hydrogen) atoms. The van der Waals surface area contributed by atoms with Crippen LogP contribution in [0, 0.1) is 0 Å². The number of pyridine rings is 1. The number of fused-ring (bicyclic) bond motifs is 1. The number of hydrogen-bond acceptors (Lipinski definition) is 4. The zero-order valence-corrected chi connectivity index (χ0v) is 15.3. The van der Waals surface area contributed by atoms with E-state index in [1.807, 2.05) is 13.0 Å². The Morgan fingerprint density at radius 3 is 2.75 bits per heavy atom. The van der Waals surface area contributed by atoms with Crippen molar-refractivity contribution < 1.29 is 8.42 Å². The predicted octanol–water partition coefficient (Wildman–Crippen LogP) is 3.07. The standard InChI is InChI=1S/C18H27N3O2S/c1-3-4-5-6-10-19-13-15(2)21-24(22,23)18-8-7-17-14-20-11-9-16(17)12-18/h7-9,11-12,14-15,19,21H,3-6,10,13H2,1-2H3. The van der Waals surface area contributed by atoms with Gasteiger partial charge in [-0.15, -0.1) is 0 Å². The van der Waals surface area contributed by atoms with Crippen LogP contribution in [0.2, 0.25) is 0 Å². The summed E-state index contributed by atoms with van der Waals surface area (Å²) in [6.45, 7) is 5.62. The Labute approximate surface area is 144 Å². The maximum Gasteiger partial charge on any atom is 0.240 e. The molecule has 0 aliphatic carbocycles. The molecule has 1 unspecified atom stereocenters. The first-order chi connectivity index (χ1) is 11.5. The highest BCUT2D eigenvalue weighted by molar-refractivity contribution is 7.89. The van der Waals surface area contributed by atoms with Crippen LogP contribution in [0.25, 0.3) is 10.8 Å². The Morgan fingerprint density at radius 2 is 1.96 bits per heavy atom. The third kappa shape index (κ3) is 5.54. The SMILES string of the molecule is CCCCCCNCC(C)NS(=O)(=O)c1ccc2cnccc2c1. The van der Waals surface area contributed by atoms with E-state index >= 15 is 0 Å². The summed E-state index contributed by atoms with van der Waals surface area (Å²) in [5, 5.41) is 5.11. The van der Waals surface area contributed by atoms with Crippen molar-refractivity contribution in [2.24, 2.45) is 0 Å². The van der Waals surface area contributed by atoms with E-state index in [0.29, 0.717) is 6.54 Å². The Kier molecular flexibility index (Phi) is 7.15. The van der Waals surface area contributed by atoms with E-state index in [0.717, 1.165) is 23.7 Å². The minimum Gasteiger partial charge on any atom is -0.315 e. The van der Waals surface area contributed by atoms with Crippen molar-refractivity contribution >= 4 is 20.8 Å². The third-order valence-electron chi connectivity index (χ3n) is 3.94. The molecule has 0 radical (unpaired) electrons. The van der Waals surface area contributed by atoms with Gasteiger partial charge >= 0.3 is 0 Å². The summed E-state index contributed by atoms with van der Waals surface area (Å²) in [7, 11) is -3.51. The van der Waals surface area contributed by atoms with Crippen LogP contribution in [0.5, 0.6) is 0 Å². The predicted molar refractivity (Wildman–Crippen MR) is 98.5 cm³/mol. The van der Waals surface area contributed by atoms with E-state index in [1.165, 1.54) is 19.3 Å². The molecule has 6 heteroatoms. The summed E-state index contributed by atoms with van der Waals surface area (Å²) in [5.74, 6) is 0. The van der Waals surface area contributed by atoms with Crippen LogP contribution in [0.3, 0.4) is 0 Å². The first-order valence-electron chi connectivity index (χ1n) is 8.60. The molecule has 0 saturated carbocycles. The maximum absolute atomic E-state index is 12.5. The molecule has 0 saturated heterocycles. The van der Waals surface area contributed by atoms with Crippen LogP contribution in [0.15, 0.2) is 41.6 Å². The molecule has 1 aromatic heterocycles. The first-order valence-corrected chi connectivity index (χ1v) is 10.1. The van der Waals surface area contributed by atoms with E-state index < -0.39 is 10.0 Å². The monoisotopic (exact) mass is 349 g/mol. The van der Waals surface area contributed by atoms with E-state index in [2.05, 4.69) is 21.9 Å². The molecule has 0 aliphatic rings. The molecule has 5 nitrogen and oxygen atoms in total.